The summed E-state index contributed by atoms with van der Waals surface area (Å²) in [7, 11) is 1.61. The van der Waals surface area contributed by atoms with Gasteiger partial charge in [-0.05, 0) is 46.6 Å². The highest BCUT2D eigenvalue weighted by molar-refractivity contribution is 6.30. The van der Waals surface area contributed by atoms with E-state index in [9.17, 15) is 19.2 Å². The third-order valence-electron chi connectivity index (χ3n) is 7.35. The van der Waals surface area contributed by atoms with E-state index < -0.39 is 40.5 Å². The van der Waals surface area contributed by atoms with Gasteiger partial charge in [-0.2, -0.15) is 5.10 Å². The maximum absolute atomic E-state index is 14.1. The third-order valence-corrected chi connectivity index (χ3v) is 7.55. The number of halogens is 1. The number of hydrogen-bond donors (Lipinski definition) is 2. The Labute approximate surface area is 262 Å². The minimum absolute atomic E-state index is 0.0768. The average molecular weight is 627 g/mol. The molecular formula is C31H39ClN6O6. The van der Waals surface area contributed by atoms with Crippen LogP contribution in [0.3, 0.4) is 0 Å². The van der Waals surface area contributed by atoms with Crippen LogP contribution in [0.1, 0.15) is 46.6 Å². The van der Waals surface area contributed by atoms with Crippen LogP contribution in [0.2, 0.25) is 5.02 Å². The van der Waals surface area contributed by atoms with E-state index in [-0.39, 0.29) is 19.1 Å². The number of pyridine rings is 1. The number of rotatable bonds is 9. The minimum atomic E-state index is -1.45. The number of hydrazone groups is 1. The summed E-state index contributed by atoms with van der Waals surface area (Å²) in [5.74, 6) is -0.977. The summed E-state index contributed by atoms with van der Waals surface area (Å²) < 4.78 is 11.2. The molecule has 0 radical (unpaired) electrons. The van der Waals surface area contributed by atoms with E-state index in [2.05, 4.69) is 20.7 Å². The van der Waals surface area contributed by atoms with Gasteiger partial charge in [0.15, 0.2) is 0 Å². The van der Waals surface area contributed by atoms with Crippen LogP contribution in [0.15, 0.2) is 53.9 Å². The van der Waals surface area contributed by atoms with Gasteiger partial charge in [-0.3, -0.25) is 19.4 Å². The van der Waals surface area contributed by atoms with Crippen LogP contribution in [-0.4, -0.2) is 88.3 Å². The fourth-order valence-electron chi connectivity index (χ4n) is 5.22. The molecule has 2 N–H and O–H groups in total. The van der Waals surface area contributed by atoms with E-state index in [1.807, 2.05) is 30.3 Å². The number of carbonyl (C=O) groups excluding carboxylic acids is 4. The predicted molar refractivity (Wildman–Crippen MR) is 164 cm³/mol. The van der Waals surface area contributed by atoms with Gasteiger partial charge in [-0.25, -0.2) is 9.80 Å². The molecule has 1 aromatic heterocycles. The molecule has 0 bridgehead atoms. The topological polar surface area (TPSA) is 143 Å². The van der Waals surface area contributed by atoms with Gasteiger partial charge in [0.25, 0.3) is 5.91 Å². The fraction of sp³-hybridized carbons (Fsp3) is 0.484. The van der Waals surface area contributed by atoms with Gasteiger partial charge in [0.05, 0.1) is 16.9 Å². The largest absolute Gasteiger partial charge is 0.489 e. The Morgan fingerprint density at radius 3 is 2.48 bits per heavy atom. The molecule has 2 atom stereocenters. The number of nitrogens with one attached hydrogen (secondary N) is 2. The summed E-state index contributed by atoms with van der Waals surface area (Å²) in [6, 6.07) is 9.94. The quantitative estimate of drug-likeness (QED) is 0.435. The Morgan fingerprint density at radius 1 is 1.11 bits per heavy atom. The first-order valence-corrected chi connectivity index (χ1v) is 14.7. The van der Waals surface area contributed by atoms with E-state index in [0.29, 0.717) is 30.2 Å². The lowest BCUT2D eigenvalue weighted by molar-refractivity contribution is -0.143. The Kier molecular flexibility index (Phi) is 9.53. The Morgan fingerprint density at radius 2 is 1.82 bits per heavy atom. The molecule has 44 heavy (non-hydrogen) atoms. The fourth-order valence-corrected chi connectivity index (χ4v) is 5.38. The zero-order valence-corrected chi connectivity index (χ0v) is 26.6. The van der Waals surface area contributed by atoms with Crippen molar-refractivity contribution in [1.29, 1.82) is 0 Å². The first kappa shape index (κ1) is 32.7. The summed E-state index contributed by atoms with van der Waals surface area (Å²) in [5.41, 5.74) is -1.59. The molecule has 0 unspecified atom stereocenters. The number of alkyl carbamates (subject to hydrolysis) is 1. The van der Waals surface area contributed by atoms with Crippen LogP contribution < -0.4 is 15.4 Å². The lowest BCUT2D eigenvalue weighted by Crippen LogP contribution is -2.63. The van der Waals surface area contributed by atoms with Crippen molar-refractivity contribution in [3.63, 3.8) is 0 Å². The second kappa shape index (κ2) is 12.8. The van der Waals surface area contributed by atoms with Crippen molar-refractivity contribution in [2.75, 3.05) is 26.7 Å². The summed E-state index contributed by atoms with van der Waals surface area (Å²) in [6.45, 7) is 8.25. The van der Waals surface area contributed by atoms with Gasteiger partial charge in [0.1, 0.15) is 35.0 Å². The standard InChI is InChI=1S/C31H39ClN6O6/c1-29(2,3)44-28(42)35-30(4,5)26(40)34-23(18-43-22-14-21(32)16-33-17-22)25(39)38-13-12-24-31(19-38,27(41)37(6)36-24)15-20-10-8-7-9-11-20/h7-11,14,16-17,23H,12-13,15,18-19H2,1-6H3,(H,34,40)(H,35,42)/t23-,31-/m1/s1. The summed E-state index contributed by atoms with van der Waals surface area (Å²) in [6.07, 6.45) is 2.86. The summed E-state index contributed by atoms with van der Waals surface area (Å²) in [5, 5.41) is 11.5. The smallest absolute Gasteiger partial charge is 0.408 e. The number of piperidine rings is 1. The van der Waals surface area contributed by atoms with Gasteiger partial charge >= 0.3 is 6.09 Å². The van der Waals surface area contributed by atoms with Crippen LogP contribution in [0.25, 0.3) is 0 Å². The summed E-state index contributed by atoms with van der Waals surface area (Å²) in [4.78, 5) is 59.2. The molecule has 0 spiro atoms. The first-order chi connectivity index (χ1) is 20.6. The van der Waals surface area contributed by atoms with Crippen LogP contribution in [-0.2, 0) is 25.5 Å². The van der Waals surface area contributed by atoms with Crippen molar-refractivity contribution in [2.45, 2.75) is 64.6 Å². The maximum Gasteiger partial charge on any atom is 0.408 e. The van der Waals surface area contributed by atoms with Crippen LogP contribution in [0.4, 0.5) is 4.79 Å². The zero-order valence-electron chi connectivity index (χ0n) is 25.8. The number of hydrogen-bond acceptors (Lipinski definition) is 8. The van der Waals surface area contributed by atoms with Crippen molar-refractivity contribution < 1.29 is 28.7 Å². The molecule has 1 saturated heterocycles. The predicted octanol–water partition coefficient (Wildman–Crippen LogP) is 3.19. The molecule has 12 nitrogen and oxygen atoms in total. The number of ether oxygens (including phenoxy) is 2. The Bertz CT molecular complexity index is 1440. The second-order valence-electron chi connectivity index (χ2n) is 12.6. The highest BCUT2D eigenvalue weighted by Gasteiger charge is 2.54. The SMILES string of the molecule is CN1N=C2CCN(C(=O)[C@@H](COc3cncc(Cl)c3)NC(=O)C(C)(C)NC(=O)OC(C)(C)C)C[C@@]2(Cc2ccccc2)C1=O. The van der Waals surface area contributed by atoms with E-state index in [1.165, 1.54) is 37.3 Å². The maximum atomic E-state index is 14.1. The zero-order chi connectivity index (χ0) is 32.3. The van der Waals surface area contributed by atoms with Gasteiger partial charge < -0.3 is 25.0 Å². The molecule has 2 aliphatic heterocycles. The molecule has 2 aromatic rings. The molecule has 1 fully saturated rings. The monoisotopic (exact) mass is 626 g/mol. The molecule has 13 heteroatoms. The number of aromatic nitrogens is 1. The second-order valence-corrected chi connectivity index (χ2v) is 13.0. The average Bonchev–Trinajstić information content (AvgIpc) is 3.18. The third kappa shape index (κ3) is 7.65. The number of carbonyl (C=O) groups is 4. The normalized spacial score (nSPS) is 19.1. The number of amides is 4. The van der Waals surface area contributed by atoms with Crippen molar-refractivity contribution in [1.82, 2.24) is 25.5 Å². The first-order valence-electron chi connectivity index (χ1n) is 14.3. The van der Waals surface area contributed by atoms with E-state index in [4.69, 9.17) is 21.1 Å². The Hall–Kier alpha value is -4.19. The van der Waals surface area contributed by atoms with Crippen LogP contribution >= 0.6 is 11.6 Å². The molecule has 0 saturated carbocycles. The van der Waals surface area contributed by atoms with Gasteiger partial charge in [0.2, 0.25) is 11.8 Å². The van der Waals surface area contributed by atoms with Gasteiger partial charge in [-0.1, -0.05) is 41.9 Å². The molecule has 4 amide bonds. The molecular weight excluding hydrogens is 588 g/mol. The molecule has 0 aliphatic carbocycles. The van der Waals surface area contributed by atoms with Crippen molar-refractivity contribution in [2.24, 2.45) is 10.5 Å². The number of fused-ring (bicyclic) bond motifs is 1. The van der Waals surface area contributed by atoms with Crippen molar-refractivity contribution in [3.05, 3.63) is 59.4 Å². The molecule has 1 aromatic carbocycles. The van der Waals surface area contributed by atoms with Gasteiger partial charge in [0, 0.05) is 38.8 Å². The van der Waals surface area contributed by atoms with Crippen LogP contribution in [0, 0.1) is 5.41 Å². The molecule has 4 rings (SSSR count). The molecule has 2 aliphatic rings. The lowest BCUT2D eigenvalue weighted by atomic mass is 9.73. The summed E-state index contributed by atoms with van der Waals surface area (Å²) >= 11 is 6.06. The number of nitrogens with zero attached hydrogens (tertiary/aromatic N) is 4. The molecule has 236 valence electrons. The van der Waals surface area contributed by atoms with Crippen LogP contribution in [0.5, 0.6) is 5.75 Å². The molecule has 3 heterocycles. The van der Waals surface area contributed by atoms with Crippen molar-refractivity contribution >= 4 is 41.1 Å². The van der Waals surface area contributed by atoms with Crippen molar-refractivity contribution in [3.8, 4) is 5.75 Å². The minimum Gasteiger partial charge on any atom is -0.489 e. The number of likely N-dealkylation sites (tertiary alicyclic amines) is 1. The lowest BCUT2D eigenvalue weighted by Gasteiger charge is -2.41. The number of benzene rings is 1. The van der Waals surface area contributed by atoms with E-state index >= 15 is 0 Å². The van der Waals surface area contributed by atoms with E-state index in [0.717, 1.165) is 11.3 Å². The van der Waals surface area contributed by atoms with Gasteiger partial charge in [-0.15, -0.1) is 0 Å². The highest BCUT2D eigenvalue weighted by Crippen LogP contribution is 2.38. The Balaban J connectivity index is 1.57. The van der Waals surface area contributed by atoms with E-state index in [1.54, 1.807) is 32.7 Å². The highest BCUT2D eigenvalue weighted by atomic mass is 35.5.